The third-order valence-corrected chi connectivity index (χ3v) is 5.51. The zero-order valence-electron chi connectivity index (χ0n) is 18.6. The number of hydrogen-bond acceptors (Lipinski definition) is 3. The molecule has 1 rings (SSSR count). The summed E-state index contributed by atoms with van der Waals surface area (Å²) in [6.45, 7) is 9.85. The van der Waals surface area contributed by atoms with E-state index in [0.29, 0.717) is 0 Å². The molecule has 0 radical (unpaired) electrons. The molecule has 0 aromatic carbocycles. The Morgan fingerprint density at radius 1 is 0.926 bits per heavy atom. The maximum Gasteiger partial charge on any atom is 0.217 e. The van der Waals surface area contributed by atoms with Crippen molar-refractivity contribution in [3.8, 4) is 0 Å². The van der Waals surface area contributed by atoms with Crippen LogP contribution >= 0.6 is 0 Å². The highest BCUT2D eigenvalue weighted by molar-refractivity contribution is 5.73. The van der Waals surface area contributed by atoms with Crippen molar-refractivity contribution in [1.29, 1.82) is 0 Å². The van der Waals surface area contributed by atoms with Crippen molar-refractivity contribution in [2.75, 3.05) is 0 Å². The molecule has 0 saturated carbocycles. The number of hydrogen-bond donors (Lipinski definition) is 1. The topological polar surface area (TPSA) is 47.6 Å². The molecule has 1 amide bonds. The van der Waals surface area contributed by atoms with Crippen LogP contribution in [-0.2, 0) is 14.3 Å². The van der Waals surface area contributed by atoms with E-state index in [-0.39, 0.29) is 24.2 Å². The lowest BCUT2D eigenvalue weighted by atomic mass is 9.99. The van der Waals surface area contributed by atoms with E-state index in [1.54, 1.807) is 6.92 Å². The molecular weight excluding hydrogens is 338 g/mol. The maximum absolute atomic E-state index is 11.6. The van der Waals surface area contributed by atoms with Crippen molar-refractivity contribution >= 4 is 5.91 Å². The van der Waals surface area contributed by atoms with Crippen LogP contribution in [0.15, 0.2) is 0 Å². The fourth-order valence-electron chi connectivity index (χ4n) is 4.12. The SMILES string of the molecule is CCCCCCCCCCCCC[C@@H](C[C@@H]1OC(C)(C)O[C@@H]1C)NC(C)=O. The van der Waals surface area contributed by atoms with Crippen LogP contribution in [0, 0.1) is 0 Å². The average Bonchev–Trinajstić information content (AvgIpc) is 2.83. The van der Waals surface area contributed by atoms with Gasteiger partial charge in [0.25, 0.3) is 0 Å². The molecule has 0 unspecified atom stereocenters. The van der Waals surface area contributed by atoms with E-state index in [4.69, 9.17) is 9.47 Å². The van der Waals surface area contributed by atoms with Crippen molar-refractivity contribution < 1.29 is 14.3 Å². The lowest BCUT2D eigenvalue weighted by Crippen LogP contribution is -2.38. The van der Waals surface area contributed by atoms with Crippen molar-refractivity contribution in [3.63, 3.8) is 0 Å². The first-order valence-electron chi connectivity index (χ1n) is 11.5. The Morgan fingerprint density at radius 3 is 1.89 bits per heavy atom. The highest BCUT2D eigenvalue weighted by Crippen LogP contribution is 2.31. The monoisotopic (exact) mass is 383 g/mol. The average molecular weight is 384 g/mol. The van der Waals surface area contributed by atoms with Gasteiger partial charge in [0.1, 0.15) is 0 Å². The molecule has 4 nitrogen and oxygen atoms in total. The summed E-state index contributed by atoms with van der Waals surface area (Å²) in [7, 11) is 0. The fraction of sp³-hybridized carbons (Fsp3) is 0.957. The first-order chi connectivity index (χ1) is 12.8. The standard InChI is InChI=1S/C23H45NO3/c1-6-7-8-9-10-11-12-13-14-15-16-17-21(24-20(3)25)18-22-19(2)26-23(4,5)27-22/h19,21-22H,6-18H2,1-5H3,(H,24,25)/t19-,21+,22+/m1/s1. The first kappa shape index (κ1) is 24.4. The highest BCUT2D eigenvalue weighted by Gasteiger charge is 2.39. The summed E-state index contributed by atoms with van der Waals surface area (Å²) < 4.78 is 11.8. The number of carbonyl (C=O) groups excluding carboxylic acids is 1. The largest absolute Gasteiger partial charge is 0.354 e. The number of nitrogens with one attached hydrogen (secondary N) is 1. The van der Waals surface area contributed by atoms with Gasteiger partial charge in [-0.1, -0.05) is 77.6 Å². The molecule has 1 fully saturated rings. The Morgan fingerprint density at radius 2 is 1.44 bits per heavy atom. The van der Waals surface area contributed by atoms with Crippen LogP contribution in [-0.4, -0.2) is 29.9 Å². The Labute approximate surface area is 168 Å². The van der Waals surface area contributed by atoms with Crippen LogP contribution in [0.1, 0.15) is 118 Å². The Bertz CT molecular complexity index is 397. The third-order valence-electron chi connectivity index (χ3n) is 5.51. The second-order valence-electron chi connectivity index (χ2n) is 8.84. The van der Waals surface area contributed by atoms with Crippen molar-refractivity contribution in [1.82, 2.24) is 5.32 Å². The molecule has 1 saturated heterocycles. The summed E-state index contributed by atoms with van der Waals surface area (Å²) in [4.78, 5) is 11.6. The van der Waals surface area contributed by atoms with E-state index in [1.807, 2.05) is 13.8 Å². The number of carbonyl (C=O) groups is 1. The van der Waals surface area contributed by atoms with Crippen LogP contribution in [0.3, 0.4) is 0 Å². The maximum atomic E-state index is 11.6. The highest BCUT2D eigenvalue weighted by atomic mass is 16.7. The summed E-state index contributed by atoms with van der Waals surface area (Å²) in [5, 5.41) is 3.12. The Hall–Kier alpha value is -0.610. The second-order valence-corrected chi connectivity index (χ2v) is 8.84. The van der Waals surface area contributed by atoms with Crippen LogP contribution in [0.2, 0.25) is 0 Å². The van der Waals surface area contributed by atoms with Gasteiger partial charge in [0, 0.05) is 13.0 Å². The van der Waals surface area contributed by atoms with E-state index in [2.05, 4.69) is 19.2 Å². The van der Waals surface area contributed by atoms with E-state index >= 15 is 0 Å². The quantitative estimate of drug-likeness (QED) is 0.346. The van der Waals surface area contributed by atoms with Gasteiger partial charge in [-0.25, -0.2) is 0 Å². The minimum absolute atomic E-state index is 0.0499. The number of rotatable bonds is 15. The zero-order chi connectivity index (χ0) is 20.1. The molecule has 4 heteroatoms. The molecule has 1 N–H and O–H groups in total. The van der Waals surface area contributed by atoms with Gasteiger partial charge >= 0.3 is 0 Å². The van der Waals surface area contributed by atoms with Crippen molar-refractivity contribution in [3.05, 3.63) is 0 Å². The van der Waals surface area contributed by atoms with Crippen LogP contribution in [0.25, 0.3) is 0 Å². The van der Waals surface area contributed by atoms with E-state index in [0.717, 1.165) is 12.8 Å². The Kier molecular flexibility index (Phi) is 12.3. The predicted octanol–water partition coefficient (Wildman–Crippen LogP) is 6.12. The van der Waals surface area contributed by atoms with Gasteiger partial charge in [-0.3, -0.25) is 4.79 Å². The molecule has 160 valence electrons. The summed E-state index contributed by atoms with van der Waals surface area (Å²) in [6.07, 6.45) is 16.8. The predicted molar refractivity (Wildman–Crippen MR) is 113 cm³/mol. The number of amides is 1. The lowest BCUT2D eigenvalue weighted by Gasteiger charge is -2.23. The molecular formula is C23H45NO3. The summed E-state index contributed by atoms with van der Waals surface area (Å²) in [5.74, 6) is -0.463. The van der Waals surface area contributed by atoms with Crippen LogP contribution in [0.5, 0.6) is 0 Å². The van der Waals surface area contributed by atoms with Crippen molar-refractivity contribution in [2.24, 2.45) is 0 Å². The molecule has 0 spiro atoms. The molecule has 3 atom stereocenters. The second kappa shape index (κ2) is 13.5. The molecule has 0 aromatic heterocycles. The summed E-state index contributed by atoms with van der Waals surface area (Å²) >= 11 is 0. The van der Waals surface area contributed by atoms with Gasteiger partial charge in [0.05, 0.1) is 12.2 Å². The zero-order valence-corrected chi connectivity index (χ0v) is 18.6. The first-order valence-corrected chi connectivity index (χ1v) is 11.5. The Balaban J connectivity index is 2.13. The van der Waals surface area contributed by atoms with Gasteiger partial charge in [0.2, 0.25) is 5.91 Å². The van der Waals surface area contributed by atoms with Gasteiger partial charge < -0.3 is 14.8 Å². The van der Waals surface area contributed by atoms with Crippen LogP contribution in [0.4, 0.5) is 0 Å². The molecule has 27 heavy (non-hydrogen) atoms. The minimum atomic E-state index is -0.513. The van der Waals surface area contributed by atoms with Crippen LogP contribution < -0.4 is 5.32 Å². The van der Waals surface area contributed by atoms with Gasteiger partial charge in [-0.05, 0) is 33.6 Å². The van der Waals surface area contributed by atoms with Gasteiger partial charge in [0.15, 0.2) is 5.79 Å². The normalized spacial score (nSPS) is 22.7. The van der Waals surface area contributed by atoms with E-state index < -0.39 is 5.79 Å². The molecule has 1 heterocycles. The number of unbranched alkanes of at least 4 members (excludes halogenated alkanes) is 10. The molecule has 1 aliphatic heterocycles. The lowest BCUT2D eigenvalue weighted by molar-refractivity contribution is -0.145. The molecule has 0 aromatic rings. The summed E-state index contributed by atoms with van der Waals surface area (Å²) in [5.41, 5.74) is 0. The number of ether oxygens (including phenoxy) is 2. The third kappa shape index (κ3) is 11.7. The van der Waals surface area contributed by atoms with E-state index in [1.165, 1.54) is 70.6 Å². The molecule has 1 aliphatic rings. The molecule has 0 aliphatic carbocycles. The van der Waals surface area contributed by atoms with Gasteiger partial charge in [-0.2, -0.15) is 0 Å². The fourth-order valence-corrected chi connectivity index (χ4v) is 4.12. The molecule has 0 bridgehead atoms. The van der Waals surface area contributed by atoms with Crippen molar-refractivity contribution in [2.45, 2.75) is 142 Å². The smallest absolute Gasteiger partial charge is 0.217 e. The van der Waals surface area contributed by atoms with E-state index in [9.17, 15) is 4.79 Å². The minimum Gasteiger partial charge on any atom is -0.354 e. The van der Waals surface area contributed by atoms with Gasteiger partial charge in [-0.15, -0.1) is 0 Å². The summed E-state index contributed by atoms with van der Waals surface area (Å²) in [6, 6.07) is 0.186.